The maximum absolute atomic E-state index is 11.5. The molecule has 14 heavy (non-hydrogen) atoms. The number of halogens is 1. The highest BCUT2D eigenvalue weighted by molar-refractivity contribution is 6.19. The van der Waals surface area contributed by atoms with Crippen LogP contribution in [0.4, 0.5) is 0 Å². The minimum atomic E-state index is -0.578. The summed E-state index contributed by atoms with van der Waals surface area (Å²) in [4.78, 5) is 15.3. The second kappa shape index (κ2) is 4.41. The monoisotopic (exact) mass is 217 g/mol. The van der Waals surface area contributed by atoms with Crippen LogP contribution >= 0.6 is 11.6 Å². The van der Waals surface area contributed by atoms with Crippen LogP contribution < -0.4 is 5.32 Å². The molecule has 0 bridgehead atoms. The summed E-state index contributed by atoms with van der Waals surface area (Å²) in [5.41, 5.74) is -0.578. The quantitative estimate of drug-likeness (QED) is 0.763. The van der Waals surface area contributed by atoms with Gasteiger partial charge in [-0.05, 0) is 13.8 Å². The summed E-state index contributed by atoms with van der Waals surface area (Å²) in [6, 6.07) is 0. The van der Waals surface area contributed by atoms with Gasteiger partial charge in [0.1, 0.15) is 0 Å². The zero-order valence-electron chi connectivity index (χ0n) is 8.08. The van der Waals surface area contributed by atoms with Crippen molar-refractivity contribution in [3.63, 3.8) is 0 Å². The number of carbonyl (C=O) groups excluding carboxylic acids is 1. The van der Waals surface area contributed by atoms with E-state index in [-0.39, 0.29) is 18.3 Å². The minimum Gasteiger partial charge on any atom is -0.348 e. The van der Waals surface area contributed by atoms with Crippen molar-refractivity contribution in [2.75, 3.05) is 5.88 Å². The highest BCUT2D eigenvalue weighted by Gasteiger charge is 2.26. The van der Waals surface area contributed by atoms with Crippen molar-refractivity contribution >= 4 is 17.5 Å². The van der Waals surface area contributed by atoms with E-state index in [0.29, 0.717) is 5.82 Å². The zero-order chi connectivity index (χ0) is 10.6. The van der Waals surface area contributed by atoms with Gasteiger partial charge in [-0.1, -0.05) is 5.16 Å². The fourth-order valence-corrected chi connectivity index (χ4v) is 0.851. The third kappa shape index (κ3) is 2.70. The van der Waals surface area contributed by atoms with Gasteiger partial charge in [-0.25, -0.2) is 0 Å². The number of aromatic nitrogens is 2. The number of nitrogens with one attached hydrogen (secondary N) is 1. The number of hydrogen-bond acceptors (Lipinski definition) is 4. The molecule has 1 amide bonds. The van der Waals surface area contributed by atoms with Crippen molar-refractivity contribution in [1.82, 2.24) is 15.5 Å². The van der Waals surface area contributed by atoms with Crippen LogP contribution in [0.15, 0.2) is 10.9 Å². The average Bonchev–Trinajstić information content (AvgIpc) is 2.66. The first-order valence-corrected chi connectivity index (χ1v) is 4.69. The van der Waals surface area contributed by atoms with Gasteiger partial charge in [0.25, 0.3) is 0 Å². The van der Waals surface area contributed by atoms with Crippen molar-refractivity contribution in [2.24, 2.45) is 5.41 Å². The van der Waals surface area contributed by atoms with Gasteiger partial charge in [0.15, 0.2) is 5.82 Å². The van der Waals surface area contributed by atoms with Gasteiger partial charge in [-0.15, -0.1) is 11.6 Å². The van der Waals surface area contributed by atoms with E-state index in [9.17, 15) is 4.79 Å². The third-order valence-electron chi connectivity index (χ3n) is 1.76. The first-order valence-electron chi connectivity index (χ1n) is 4.16. The molecule has 6 heteroatoms. The standard InChI is InChI=1S/C8H12ClN3O2/c1-8(2,4-9)7(13)10-3-6-11-5-14-12-6/h5H,3-4H2,1-2H3,(H,10,13). The summed E-state index contributed by atoms with van der Waals surface area (Å²) in [6.45, 7) is 3.80. The zero-order valence-corrected chi connectivity index (χ0v) is 8.84. The van der Waals surface area contributed by atoms with Crippen LogP contribution in [0.25, 0.3) is 0 Å². The Morgan fingerprint density at radius 3 is 2.93 bits per heavy atom. The van der Waals surface area contributed by atoms with E-state index >= 15 is 0 Å². The topological polar surface area (TPSA) is 68.0 Å². The molecule has 0 aliphatic heterocycles. The Balaban J connectivity index is 2.43. The van der Waals surface area contributed by atoms with Gasteiger partial charge in [0, 0.05) is 5.88 Å². The number of hydrogen-bond donors (Lipinski definition) is 1. The van der Waals surface area contributed by atoms with Crippen LogP contribution in [0.5, 0.6) is 0 Å². The normalized spacial score (nSPS) is 11.4. The Labute approximate surface area is 86.8 Å². The number of nitrogens with zero attached hydrogens (tertiary/aromatic N) is 2. The van der Waals surface area contributed by atoms with Crippen molar-refractivity contribution in [1.29, 1.82) is 0 Å². The average molecular weight is 218 g/mol. The molecule has 5 nitrogen and oxygen atoms in total. The van der Waals surface area contributed by atoms with E-state index in [2.05, 4.69) is 20.0 Å². The summed E-state index contributed by atoms with van der Waals surface area (Å²) in [5, 5.41) is 6.23. The fourth-order valence-electron chi connectivity index (χ4n) is 0.730. The van der Waals surface area contributed by atoms with Crippen LogP contribution in [0.3, 0.4) is 0 Å². The molecule has 0 atom stereocenters. The summed E-state index contributed by atoms with van der Waals surface area (Å²) < 4.78 is 4.52. The molecule has 0 saturated heterocycles. The lowest BCUT2D eigenvalue weighted by molar-refractivity contribution is -0.128. The second-order valence-electron chi connectivity index (χ2n) is 3.55. The highest BCUT2D eigenvalue weighted by Crippen LogP contribution is 2.16. The number of alkyl halides is 1. The summed E-state index contributed by atoms with van der Waals surface area (Å²) in [5.74, 6) is 0.589. The molecule has 0 unspecified atom stereocenters. The molecule has 1 aromatic rings. The maximum atomic E-state index is 11.5. The Hall–Kier alpha value is -1.10. The Morgan fingerprint density at radius 2 is 2.43 bits per heavy atom. The molecule has 0 aromatic carbocycles. The molecule has 0 saturated carbocycles. The van der Waals surface area contributed by atoms with Crippen LogP contribution in [-0.2, 0) is 11.3 Å². The van der Waals surface area contributed by atoms with Crippen LogP contribution in [0.2, 0.25) is 0 Å². The van der Waals surface area contributed by atoms with Crippen LogP contribution in [0, 0.1) is 5.41 Å². The minimum absolute atomic E-state index is 0.127. The molecule has 0 aliphatic carbocycles. The number of carbonyl (C=O) groups is 1. The van der Waals surface area contributed by atoms with E-state index < -0.39 is 5.41 Å². The van der Waals surface area contributed by atoms with Crippen molar-refractivity contribution in [3.8, 4) is 0 Å². The van der Waals surface area contributed by atoms with Gasteiger partial charge in [0.2, 0.25) is 12.3 Å². The molecule has 0 aliphatic rings. The van der Waals surface area contributed by atoms with Crippen LogP contribution in [-0.4, -0.2) is 21.9 Å². The molecule has 0 radical (unpaired) electrons. The Bertz CT molecular complexity index is 298. The van der Waals surface area contributed by atoms with Gasteiger partial charge < -0.3 is 9.84 Å². The first-order chi connectivity index (χ1) is 6.56. The third-order valence-corrected chi connectivity index (χ3v) is 2.43. The van der Waals surface area contributed by atoms with E-state index in [0.717, 1.165) is 0 Å². The summed E-state index contributed by atoms with van der Waals surface area (Å²) in [7, 11) is 0. The van der Waals surface area contributed by atoms with Gasteiger partial charge in [-0.3, -0.25) is 4.79 Å². The number of amides is 1. The molecule has 0 spiro atoms. The lowest BCUT2D eigenvalue weighted by atomic mass is 9.95. The number of rotatable bonds is 4. The van der Waals surface area contributed by atoms with Crippen molar-refractivity contribution in [3.05, 3.63) is 12.2 Å². The van der Waals surface area contributed by atoms with E-state index in [1.54, 1.807) is 13.8 Å². The van der Waals surface area contributed by atoms with E-state index in [4.69, 9.17) is 11.6 Å². The smallest absolute Gasteiger partial charge is 0.227 e. The van der Waals surface area contributed by atoms with Crippen LogP contribution in [0.1, 0.15) is 19.7 Å². The largest absolute Gasteiger partial charge is 0.348 e. The van der Waals surface area contributed by atoms with E-state index in [1.165, 1.54) is 6.39 Å². The molecule has 1 aromatic heterocycles. The molecule has 1 heterocycles. The first kappa shape index (κ1) is 11.0. The lowest BCUT2D eigenvalue weighted by Gasteiger charge is -2.19. The highest BCUT2D eigenvalue weighted by atomic mass is 35.5. The lowest BCUT2D eigenvalue weighted by Crippen LogP contribution is -2.37. The van der Waals surface area contributed by atoms with Gasteiger partial charge in [-0.2, -0.15) is 4.98 Å². The van der Waals surface area contributed by atoms with Gasteiger partial charge in [0.05, 0.1) is 12.0 Å². The fraction of sp³-hybridized carbons (Fsp3) is 0.625. The molecular weight excluding hydrogens is 206 g/mol. The van der Waals surface area contributed by atoms with Gasteiger partial charge >= 0.3 is 0 Å². The maximum Gasteiger partial charge on any atom is 0.227 e. The molecule has 78 valence electrons. The molecule has 1 rings (SSSR count). The molecule has 0 fully saturated rings. The second-order valence-corrected chi connectivity index (χ2v) is 3.81. The molecule has 1 N–H and O–H groups in total. The molecular formula is C8H12ClN3O2. The summed E-state index contributed by atoms with van der Waals surface area (Å²) >= 11 is 5.64. The predicted octanol–water partition coefficient (Wildman–Crippen LogP) is 0.951. The predicted molar refractivity (Wildman–Crippen MR) is 50.6 cm³/mol. The Kier molecular flexibility index (Phi) is 3.46. The summed E-state index contributed by atoms with van der Waals surface area (Å²) in [6.07, 6.45) is 1.22. The van der Waals surface area contributed by atoms with Crippen molar-refractivity contribution < 1.29 is 9.32 Å². The van der Waals surface area contributed by atoms with Crippen molar-refractivity contribution in [2.45, 2.75) is 20.4 Å². The SMILES string of the molecule is CC(C)(CCl)C(=O)NCc1ncon1. The van der Waals surface area contributed by atoms with E-state index in [1.807, 2.05) is 0 Å². The Morgan fingerprint density at radius 1 is 1.71 bits per heavy atom.